The maximum Gasteiger partial charge on any atom is 0.159 e. The summed E-state index contributed by atoms with van der Waals surface area (Å²) in [5.74, 6) is 2.18. The molecule has 2 fully saturated rings. The van der Waals surface area contributed by atoms with E-state index in [9.17, 15) is 15.0 Å². The fraction of sp³-hybridized carbons (Fsp3) is 0.722. The van der Waals surface area contributed by atoms with E-state index in [0.717, 1.165) is 25.7 Å². The molecule has 2 N–H and O–H groups in total. The van der Waals surface area contributed by atoms with E-state index in [2.05, 4.69) is 19.1 Å². The largest absolute Gasteiger partial charge is 0.390 e. The number of allylic oxidation sites excluding steroid dienone is 4. The summed E-state index contributed by atoms with van der Waals surface area (Å²) >= 11 is 0. The molecule has 3 nitrogen and oxygen atoms in total. The molecule has 0 aromatic heterocycles. The summed E-state index contributed by atoms with van der Waals surface area (Å²) < 4.78 is 0. The van der Waals surface area contributed by atoms with Crippen molar-refractivity contribution in [1.29, 1.82) is 0 Å². The normalized spacial score (nSPS) is 52.0. The van der Waals surface area contributed by atoms with E-state index in [1.54, 1.807) is 6.08 Å². The Morgan fingerprint density at radius 3 is 2.90 bits per heavy atom. The summed E-state index contributed by atoms with van der Waals surface area (Å²) in [6, 6.07) is 0. The maximum absolute atomic E-state index is 11.6. The first-order valence-corrected chi connectivity index (χ1v) is 8.27. The maximum atomic E-state index is 11.6. The van der Waals surface area contributed by atoms with Crippen LogP contribution >= 0.6 is 0 Å². The van der Waals surface area contributed by atoms with Crippen LogP contribution in [0.15, 0.2) is 23.8 Å². The van der Waals surface area contributed by atoms with E-state index in [0.29, 0.717) is 30.1 Å². The van der Waals surface area contributed by atoms with Crippen molar-refractivity contribution in [2.24, 2.45) is 29.1 Å². The van der Waals surface area contributed by atoms with E-state index >= 15 is 0 Å². The van der Waals surface area contributed by atoms with Crippen molar-refractivity contribution in [3.63, 3.8) is 0 Å². The second kappa shape index (κ2) is 4.53. The standard InChI is InChI=1S/C18H24O3/c1-18-7-6-13-12-5-3-11(19)8-10(12)2-4-14(13)15(18)9-16(20)17(18)21/h2-3,5,12-17,20-21H,4,6-9H2,1H3/t12-,13+,14+,15-,16?,17?,18-/m0/s1. The molecule has 0 aromatic rings. The van der Waals surface area contributed by atoms with Crippen LogP contribution in [0.25, 0.3) is 0 Å². The number of carbonyl (C=O) groups is 1. The molecule has 0 aromatic carbocycles. The Hall–Kier alpha value is -0.930. The molecular weight excluding hydrogens is 264 g/mol. The van der Waals surface area contributed by atoms with Crippen molar-refractivity contribution in [3.8, 4) is 0 Å². The molecule has 7 atom stereocenters. The zero-order valence-electron chi connectivity index (χ0n) is 12.5. The predicted molar refractivity (Wildman–Crippen MR) is 79.4 cm³/mol. The van der Waals surface area contributed by atoms with Crippen molar-refractivity contribution in [2.45, 2.75) is 51.2 Å². The minimum absolute atomic E-state index is 0.125. The third-order valence-electron chi connectivity index (χ3n) is 6.88. The van der Waals surface area contributed by atoms with Gasteiger partial charge in [-0.05, 0) is 54.9 Å². The van der Waals surface area contributed by atoms with Gasteiger partial charge in [0, 0.05) is 12.3 Å². The zero-order valence-corrected chi connectivity index (χ0v) is 12.5. The predicted octanol–water partition coefficient (Wildman–Crippen LogP) is 2.24. The monoisotopic (exact) mass is 288 g/mol. The van der Waals surface area contributed by atoms with Crippen LogP contribution in [0.1, 0.15) is 39.0 Å². The highest BCUT2D eigenvalue weighted by molar-refractivity contribution is 5.93. The lowest BCUT2D eigenvalue weighted by molar-refractivity contribution is -0.114. The van der Waals surface area contributed by atoms with E-state index in [1.807, 2.05) is 0 Å². The molecular formula is C18H24O3. The first-order chi connectivity index (χ1) is 10.0. The average Bonchev–Trinajstić information content (AvgIpc) is 2.70. The second-order valence-electron chi connectivity index (χ2n) is 7.77. The Kier molecular flexibility index (Phi) is 2.96. The van der Waals surface area contributed by atoms with Gasteiger partial charge in [-0.1, -0.05) is 24.6 Å². The average molecular weight is 288 g/mol. The van der Waals surface area contributed by atoms with E-state index in [-0.39, 0.29) is 11.2 Å². The molecule has 4 aliphatic carbocycles. The fourth-order valence-electron chi connectivity index (χ4n) is 5.72. The summed E-state index contributed by atoms with van der Waals surface area (Å²) in [6.45, 7) is 2.16. The first-order valence-electron chi connectivity index (χ1n) is 8.27. The molecule has 0 bridgehead atoms. The van der Waals surface area contributed by atoms with Gasteiger partial charge in [-0.15, -0.1) is 0 Å². The lowest BCUT2D eigenvalue weighted by Gasteiger charge is -2.51. The second-order valence-corrected chi connectivity index (χ2v) is 7.77. The first kappa shape index (κ1) is 13.7. The molecule has 21 heavy (non-hydrogen) atoms. The number of hydrogen-bond acceptors (Lipinski definition) is 3. The Balaban J connectivity index is 1.67. The zero-order chi connectivity index (χ0) is 14.8. The van der Waals surface area contributed by atoms with Crippen LogP contribution in [0.2, 0.25) is 0 Å². The SMILES string of the molecule is C[C@]12CC[C@H]3[C@@H](CC=C4CC(=O)C=C[C@@H]43)[C@@H]1CC(O)C2O. The van der Waals surface area contributed by atoms with Gasteiger partial charge in [0.2, 0.25) is 0 Å². The van der Waals surface area contributed by atoms with Crippen molar-refractivity contribution in [3.05, 3.63) is 23.8 Å². The van der Waals surface area contributed by atoms with Crippen molar-refractivity contribution in [2.75, 3.05) is 0 Å². The van der Waals surface area contributed by atoms with Gasteiger partial charge in [0.25, 0.3) is 0 Å². The molecule has 4 aliphatic rings. The molecule has 0 amide bonds. The number of ketones is 1. The van der Waals surface area contributed by atoms with E-state index in [4.69, 9.17) is 0 Å². The number of aliphatic hydroxyl groups is 2. The highest BCUT2D eigenvalue weighted by Crippen LogP contribution is 2.60. The summed E-state index contributed by atoms with van der Waals surface area (Å²) in [7, 11) is 0. The van der Waals surface area contributed by atoms with Crippen LogP contribution in [0.4, 0.5) is 0 Å². The quantitative estimate of drug-likeness (QED) is 0.672. The molecule has 0 radical (unpaired) electrons. The van der Waals surface area contributed by atoms with Gasteiger partial charge in [-0.25, -0.2) is 0 Å². The van der Waals surface area contributed by atoms with Gasteiger partial charge >= 0.3 is 0 Å². The molecule has 2 saturated carbocycles. The van der Waals surface area contributed by atoms with Gasteiger partial charge in [0.1, 0.15) is 0 Å². The van der Waals surface area contributed by atoms with Crippen molar-refractivity contribution < 1.29 is 15.0 Å². The molecule has 3 heteroatoms. The molecule has 0 spiro atoms. The molecule has 0 heterocycles. The number of carbonyl (C=O) groups excluding carboxylic acids is 1. The number of hydrogen-bond donors (Lipinski definition) is 2. The highest BCUT2D eigenvalue weighted by Gasteiger charge is 2.58. The van der Waals surface area contributed by atoms with Crippen LogP contribution in [0.3, 0.4) is 0 Å². The summed E-state index contributed by atoms with van der Waals surface area (Å²) in [5.41, 5.74) is 1.19. The van der Waals surface area contributed by atoms with Gasteiger partial charge < -0.3 is 10.2 Å². The Morgan fingerprint density at radius 1 is 1.29 bits per heavy atom. The van der Waals surface area contributed by atoms with E-state index < -0.39 is 12.2 Å². The molecule has 0 aliphatic heterocycles. The van der Waals surface area contributed by atoms with Crippen LogP contribution < -0.4 is 0 Å². The van der Waals surface area contributed by atoms with E-state index in [1.165, 1.54) is 5.57 Å². The number of rotatable bonds is 0. The Morgan fingerprint density at radius 2 is 2.10 bits per heavy atom. The smallest absolute Gasteiger partial charge is 0.159 e. The minimum Gasteiger partial charge on any atom is -0.390 e. The van der Waals surface area contributed by atoms with Gasteiger partial charge in [-0.2, -0.15) is 0 Å². The third-order valence-corrected chi connectivity index (χ3v) is 6.88. The minimum atomic E-state index is -0.572. The van der Waals surface area contributed by atoms with Crippen LogP contribution in [0.5, 0.6) is 0 Å². The van der Waals surface area contributed by atoms with Gasteiger partial charge in [0.05, 0.1) is 12.2 Å². The number of aliphatic hydroxyl groups excluding tert-OH is 2. The lowest BCUT2D eigenvalue weighted by atomic mass is 9.53. The van der Waals surface area contributed by atoms with Crippen LogP contribution in [-0.2, 0) is 4.79 Å². The molecule has 2 unspecified atom stereocenters. The fourth-order valence-corrected chi connectivity index (χ4v) is 5.72. The molecule has 0 saturated heterocycles. The highest BCUT2D eigenvalue weighted by atomic mass is 16.3. The summed E-state index contributed by atoms with van der Waals surface area (Å²) in [6.07, 6.45) is 9.44. The molecule has 4 rings (SSSR count). The van der Waals surface area contributed by atoms with Crippen LogP contribution in [-0.4, -0.2) is 28.2 Å². The summed E-state index contributed by atoms with van der Waals surface area (Å²) in [5, 5.41) is 20.5. The summed E-state index contributed by atoms with van der Waals surface area (Å²) in [4.78, 5) is 11.6. The topological polar surface area (TPSA) is 57.5 Å². The van der Waals surface area contributed by atoms with Crippen molar-refractivity contribution >= 4 is 5.78 Å². The van der Waals surface area contributed by atoms with Crippen molar-refractivity contribution in [1.82, 2.24) is 0 Å². The Bertz CT molecular complexity index is 535. The molecule has 114 valence electrons. The van der Waals surface area contributed by atoms with Gasteiger partial charge in [0.15, 0.2) is 5.78 Å². The van der Waals surface area contributed by atoms with Gasteiger partial charge in [-0.3, -0.25) is 4.79 Å². The van der Waals surface area contributed by atoms with Crippen LogP contribution in [0, 0.1) is 29.1 Å². The Labute approximate surface area is 125 Å². The third kappa shape index (κ3) is 1.83. The number of fused-ring (bicyclic) bond motifs is 5. The lowest BCUT2D eigenvalue weighted by Crippen LogP contribution is -2.47.